The van der Waals surface area contributed by atoms with Crippen molar-refractivity contribution in [3.05, 3.63) is 0 Å². The van der Waals surface area contributed by atoms with Gasteiger partial charge in [-0.3, -0.25) is 0 Å². The Morgan fingerprint density at radius 3 is 1.00 bits per heavy atom. The molecule has 0 spiro atoms. The molecule has 7 heavy (non-hydrogen) atoms. The van der Waals surface area contributed by atoms with Gasteiger partial charge in [0.2, 0.25) is 0 Å². The summed E-state index contributed by atoms with van der Waals surface area (Å²) in [5, 5.41) is 0. The van der Waals surface area contributed by atoms with Crippen LogP contribution in [0.1, 0.15) is 0 Å². The predicted octanol–water partition coefficient (Wildman–Crippen LogP) is -1.15. The minimum atomic E-state index is 0. The summed E-state index contributed by atoms with van der Waals surface area (Å²) in [5.74, 6) is 0. The van der Waals surface area contributed by atoms with Crippen LogP contribution in [-0.4, -0.2) is 68.6 Å². The molecule has 0 aromatic carbocycles. The normalized spacial score (nSPS) is 0. The molecular formula is AgAsBiCdCuSbZn. The van der Waals surface area contributed by atoms with Gasteiger partial charge in [-0.05, 0) is 0 Å². The average Bonchev–Trinajstić information content (AvgIpc) is 0. The number of hydrogen-bond donors (Lipinski definition) is 0. The molecule has 7 heteroatoms. The summed E-state index contributed by atoms with van der Waals surface area (Å²) in [6, 6.07) is 0. The quantitative estimate of drug-likeness (QED) is 0.275. The standard InChI is InChI=1S/Ag.As.Bi.Cd.Cu.Sb.Zn. The van der Waals surface area contributed by atoms with Gasteiger partial charge < -0.3 is 0 Å². The van der Waals surface area contributed by atoms with Crippen LogP contribution in [0.15, 0.2) is 0 Å². The van der Waals surface area contributed by atoms with E-state index in [0.29, 0.717) is 0 Å². The van der Waals surface area contributed by atoms with E-state index < -0.39 is 0 Å². The molecule has 0 aliphatic heterocycles. The van der Waals surface area contributed by atoms with Crippen molar-refractivity contribution in [3.63, 3.8) is 0 Å². The van der Waals surface area contributed by atoms with E-state index in [0.717, 1.165) is 0 Å². The largest absolute Gasteiger partial charge is 0 e. The predicted molar refractivity (Wildman–Crippen MR) is 17.3 cm³/mol. The molecule has 0 aromatic heterocycles. The Kier molecular flexibility index (Phi) is 359. The molecule has 0 bridgehead atoms. The molecule has 11 radical (unpaired) electrons. The fraction of sp³-hybridized carbons (Fsp3) is 0. The topological polar surface area (TPSA) is 0 Å². The zero-order valence-corrected chi connectivity index (χ0v) is 20.7. The Labute approximate surface area is 151 Å². The molecule has 0 saturated heterocycles. The van der Waals surface area contributed by atoms with E-state index in [2.05, 4.69) is 0 Å². The van der Waals surface area contributed by atoms with E-state index in [4.69, 9.17) is 0 Å². The molecule has 0 aliphatic carbocycles. The molecule has 0 fully saturated rings. The van der Waals surface area contributed by atoms with Gasteiger partial charge >= 0.3 is 0 Å². The van der Waals surface area contributed by atoms with Gasteiger partial charge in [-0.15, -0.1) is 0 Å². The summed E-state index contributed by atoms with van der Waals surface area (Å²) < 4.78 is 0. The van der Waals surface area contributed by atoms with E-state index in [-0.39, 0.29) is 155 Å². The Hall–Kier alpha value is 5.06. The summed E-state index contributed by atoms with van der Waals surface area (Å²) in [6.45, 7) is 0. The summed E-state index contributed by atoms with van der Waals surface area (Å²) in [7, 11) is 0. The van der Waals surface area contributed by atoms with Crippen molar-refractivity contribution in [2.75, 3.05) is 0 Å². The summed E-state index contributed by atoms with van der Waals surface area (Å²) >= 11 is 0. The van der Waals surface area contributed by atoms with Crippen molar-refractivity contribution in [1.82, 2.24) is 0 Å². The molecule has 0 unspecified atom stereocenters. The smallest absolute Gasteiger partial charge is 0 e. The molecule has 0 aromatic rings. The molecule has 0 rings (SSSR count). The minimum Gasteiger partial charge on any atom is 0 e. The van der Waals surface area contributed by atoms with Crippen LogP contribution in [0.4, 0.5) is 0 Å². The molecule has 0 nitrogen and oxygen atoms in total. The zero-order chi connectivity index (χ0) is 0. The van der Waals surface area contributed by atoms with E-state index in [1.165, 1.54) is 0 Å². The zero-order valence-electron chi connectivity index (χ0n) is 3.36. The molecule has 0 saturated carbocycles. The third-order valence-electron chi connectivity index (χ3n) is 0. The second-order valence-corrected chi connectivity index (χ2v) is 0. The van der Waals surface area contributed by atoms with Crippen LogP contribution in [0.2, 0.25) is 0 Å². The van der Waals surface area contributed by atoms with Gasteiger partial charge in [0.15, 0.2) is 0 Å². The van der Waals surface area contributed by atoms with Gasteiger partial charge in [-0.1, -0.05) is 0 Å². The van der Waals surface area contributed by atoms with Crippen LogP contribution in [0.25, 0.3) is 0 Å². The van der Waals surface area contributed by atoms with Crippen molar-refractivity contribution in [3.8, 4) is 0 Å². The van der Waals surface area contributed by atoms with E-state index in [1.807, 2.05) is 0 Å². The maximum Gasteiger partial charge on any atom is 0 e. The molecule has 0 atom stereocenters. The van der Waals surface area contributed by atoms with Gasteiger partial charge in [-0.25, -0.2) is 0 Å². The number of rotatable bonds is 0. The fourth-order valence-electron chi connectivity index (χ4n) is 0. The first-order valence-corrected chi connectivity index (χ1v) is 0. The van der Waals surface area contributed by atoms with Crippen LogP contribution >= 0.6 is 0 Å². The Morgan fingerprint density at radius 2 is 1.00 bits per heavy atom. The van der Waals surface area contributed by atoms with Crippen LogP contribution in [-0.2, 0) is 86.2 Å². The SMILES string of the molecule is [Ag].[As].[Bi].[Cd].[Cu].[Sb].[Zn]. The van der Waals surface area contributed by atoms with Crippen LogP contribution in [0, 0.1) is 0 Å². The van der Waals surface area contributed by atoms with Gasteiger partial charge in [0.05, 0.1) is 0 Å². The first-order chi connectivity index (χ1) is 0. The van der Waals surface area contributed by atoms with Gasteiger partial charge in [-0.2, -0.15) is 0 Å². The maximum absolute atomic E-state index is 0. The monoisotopic (exact) mass is 752 g/mol. The molecule has 0 aliphatic rings. The van der Waals surface area contributed by atoms with Gasteiger partial charge in [0.25, 0.3) is 0 Å². The summed E-state index contributed by atoms with van der Waals surface area (Å²) in [5.41, 5.74) is 0. The van der Waals surface area contributed by atoms with Crippen molar-refractivity contribution in [1.29, 1.82) is 0 Å². The van der Waals surface area contributed by atoms with Crippen molar-refractivity contribution < 1.29 is 86.2 Å². The molecule has 41 valence electrons. The molecule has 0 N–H and O–H groups in total. The minimum absolute atomic E-state index is 0. The molecule has 0 amide bonds. The van der Waals surface area contributed by atoms with E-state index in [1.54, 1.807) is 0 Å². The van der Waals surface area contributed by atoms with Crippen molar-refractivity contribution >= 4 is 68.6 Å². The Balaban J connectivity index is 0. The summed E-state index contributed by atoms with van der Waals surface area (Å²) in [4.78, 5) is 0. The van der Waals surface area contributed by atoms with Crippen molar-refractivity contribution in [2.24, 2.45) is 0 Å². The fourth-order valence-corrected chi connectivity index (χ4v) is 0. The first-order valence-electron chi connectivity index (χ1n) is 0. The molecular weight excluding hydrogens is 755 g/mol. The van der Waals surface area contributed by atoms with Crippen molar-refractivity contribution in [2.45, 2.75) is 0 Å². The third kappa shape index (κ3) is 35.4. The van der Waals surface area contributed by atoms with Gasteiger partial charge in [0, 0.05) is 155 Å². The third-order valence-corrected chi connectivity index (χ3v) is 0. The van der Waals surface area contributed by atoms with E-state index in [9.17, 15) is 0 Å². The van der Waals surface area contributed by atoms with E-state index >= 15 is 0 Å². The second kappa shape index (κ2) is 43.7. The van der Waals surface area contributed by atoms with Gasteiger partial charge in [0.1, 0.15) is 0 Å². The average molecular weight is 755 g/mol. The van der Waals surface area contributed by atoms with Crippen LogP contribution in [0.5, 0.6) is 0 Å². The Bertz CT molecular complexity index is 19.7. The first kappa shape index (κ1) is 57.6. The second-order valence-electron chi connectivity index (χ2n) is 0. The van der Waals surface area contributed by atoms with Crippen LogP contribution < -0.4 is 0 Å². The summed E-state index contributed by atoms with van der Waals surface area (Å²) in [6.07, 6.45) is 0. The number of hydrogen-bond acceptors (Lipinski definition) is 0. The molecule has 0 heterocycles. The van der Waals surface area contributed by atoms with Crippen LogP contribution in [0.3, 0.4) is 0 Å². The Morgan fingerprint density at radius 1 is 1.00 bits per heavy atom. The maximum atomic E-state index is 0.